The number of anilines is 1. The molecule has 1 aromatic carbocycles. The number of aromatic nitrogens is 3. The predicted octanol–water partition coefficient (Wildman–Crippen LogP) is 4.24. The van der Waals surface area contributed by atoms with E-state index in [1.54, 1.807) is 19.1 Å². The number of carbonyl (C=O) groups is 2. The highest BCUT2D eigenvalue weighted by Gasteiger charge is 2.23. The van der Waals surface area contributed by atoms with Crippen LogP contribution in [0.3, 0.4) is 0 Å². The van der Waals surface area contributed by atoms with Gasteiger partial charge in [-0.3, -0.25) is 9.48 Å². The first-order chi connectivity index (χ1) is 14.8. The molecule has 9 heteroatoms. The number of hydrogen-bond donors (Lipinski definition) is 1. The monoisotopic (exact) mass is 438 g/mol. The van der Waals surface area contributed by atoms with Gasteiger partial charge in [-0.25, -0.2) is 4.79 Å². The number of esters is 1. The van der Waals surface area contributed by atoms with Gasteiger partial charge in [0.05, 0.1) is 12.2 Å². The lowest BCUT2D eigenvalue weighted by atomic mass is 10.1. The smallest absolute Gasteiger partial charge is 0.349 e. The number of amides is 1. The highest BCUT2D eigenvalue weighted by molar-refractivity contribution is 7.20. The Hall–Kier alpha value is -3.46. The van der Waals surface area contributed by atoms with Gasteiger partial charge in [0.1, 0.15) is 15.5 Å². The number of ether oxygens (including phenoxy) is 1. The first-order valence-corrected chi connectivity index (χ1v) is 10.6. The van der Waals surface area contributed by atoms with Crippen LogP contribution in [0.25, 0.3) is 10.2 Å². The van der Waals surface area contributed by atoms with Crippen LogP contribution >= 0.6 is 11.3 Å². The highest BCUT2D eigenvalue weighted by atomic mass is 32.1. The second-order valence-corrected chi connectivity index (χ2v) is 8.45. The second kappa shape index (κ2) is 8.35. The van der Waals surface area contributed by atoms with Crippen molar-refractivity contribution in [2.75, 3.05) is 5.32 Å². The zero-order valence-electron chi connectivity index (χ0n) is 17.6. The maximum Gasteiger partial charge on any atom is 0.349 e. The van der Waals surface area contributed by atoms with Gasteiger partial charge in [-0.15, -0.1) is 11.3 Å². The van der Waals surface area contributed by atoms with E-state index in [0.29, 0.717) is 17.2 Å². The summed E-state index contributed by atoms with van der Waals surface area (Å²) in [6.07, 6.45) is -0.986. The van der Waals surface area contributed by atoms with Crippen LogP contribution in [-0.2, 0) is 16.1 Å². The van der Waals surface area contributed by atoms with Crippen molar-refractivity contribution in [3.8, 4) is 0 Å². The molecule has 31 heavy (non-hydrogen) atoms. The Bertz CT molecular complexity index is 1250. The van der Waals surface area contributed by atoms with Crippen molar-refractivity contribution >= 4 is 39.2 Å². The number of aryl methyl sites for hydroxylation is 3. The van der Waals surface area contributed by atoms with Gasteiger partial charge in [0.2, 0.25) is 0 Å². The molecule has 1 amide bonds. The molecule has 3 aromatic heterocycles. The summed E-state index contributed by atoms with van der Waals surface area (Å²) in [5.74, 6) is -0.190. The molecule has 0 aliphatic rings. The molecule has 160 valence electrons. The number of nitrogens with one attached hydrogen (secondary N) is 1. The van der Waals surface area contributed by atoms with Gasteiger partial charge in [-0.2, -0.15) is 5.10 Å². The third-order valence-corrected chi connectivity index (χ3v) is 5.92. The molecule has 8 nitrogen and oxygen atoms in total. The zero-order valence-corrected chi connectivity index (χ0v) is 18.4. The number of rotatable bonds is 6. The van der Waals surface area contributed by atoms with Crippen molar-refractivity contribution in [2.45, 2.75) is 40.3 Å². The van der Waals surface area contributed by atoms with Crippen LogP contribution < -0.4 is 5.32 Å². The normalized spacial score (nSPS) is 12.1. The number of thiophene rings is 1. The Morgan fingerprint density at radius 1 is 1.19 bits per heavy atom. The van der Waals surface area contributed by atoms with Gasteiger partial charge in [-0.1, -0.05) is 35.0 Å². The minimum atomic E-state index is -0.986. The third kappa shape index (κ3) is 4.51. The lowest BCUT2D eigenvalue weighted by Gasteiger charge is -2.11. The van der Waals surface area contributed by atoms with Crippen LogP contribution in [0.1, 0.15) is 39.2 Å². The fourth-order valence-electron chi connectivity index (χ4n) is 3.11. The molecular formula is C22H22N4O4S. The summed E-state index contributed by atoms with van der Waals surface area (Å²) < 4.78 is 12.2. The Kier molecular flexibility index (Phi) is 5.60. The van der Waals surface area contributed by atoms with Crippen molar-refractivity contribution in [1.82, 2.24) is 14.9 Å². The summed E-state index contributed by atoms with van der Waals surface area (Å²) in [5.41, 5.74) is 3.16. The molecule has 1 N–H and O–H groups in total. The minimum Gasteiger partial charge on any atom is -0.448 e. The van der Waals surface area contributed by atoms with Crippen LogP contribution in [0.2, 0.25) is 0 Å². The van der Waals surface area contributed by atoms with Gasteiger partial charge in [0, 0.05) is 11.5 Å². The lowest BCUT2D eigenvalue weighted by Crippen LogP contribution is -2.29. The first-order valence-electron chi connectivity index (χ1n) is 9.78. The van der Waals surface area contributed by atoms with Crippen LogP contribution in [0.4, 0.5) is 5.82 Å². The molecule has 0 aliphatic carbocycles. The van der Waals surface area contributed by atoms with Crippen LogP contribution in [0.5, 0.6) is 0 Å². The number of fused-ring (bicyclic) bond motifs is 1. The standard InChI is InChI=1S/C22H22N4O4S/c1-12-5-7-16(8-6-12)11-26-21-17(14(3)24-26)10-18(31-21)22(28)29-15(4)20(27)23-19-9-13(2)30-25-19/h5-10,15H,11H2,1-4H3,(H,23,25,27)/t15-/m0/s1. The fraction of sp³-hybridized carbons (Fsp3) is 0.273. The molecule has 0 aliphatic heterocycles. The maximum atomic E-state index is 12.6. The van der Waals surface area contributed by atoms with E-state index >= 15 is 0 Å². The number of nitrogens with zero attached hydrogens (tertiary/aromatic N) is 3. The van der Waals surface area contributed by atoms with E-state index in [9.17, 15) is 9.59 Å². The van der Waals surface area contributed by atoms with Crippen molar-refractivity contribution in [3.63, 3.8) is 0 Å². The molecule has 0 radical (unpaired) electrons. The summed E-state index contributed by atoms with van der Waals surface area (Å²) in [6, 6.07) is 11.6. The highest BCUT2D eigenvalue weighted by Crippen LogP contribution is 2.29. The molecule has 0 saturated heterocycles. The van der Waals surface area contributed by atoms with E-state index < -0.39 is 18.0 Å². The first kappa shape index (κ1) is 20.8. The molecule has 1 atom stereocenters. The molecule has 0 unspecified atom stereocenters. The molecule has 0 fully saturated rings. The maximum absolute atomic E-state index is 12.6. The Balaban J connectivity index is 1.48. The van der Waals surface area contributed by atoms with Gasteiger partial charge >= 0.3 is 5.97 Å². The predicted molar refractivity (Wildman–Crippen MR) is 117 cm³/mol. The molecule has 4 rings (SSSR count). The van der Waals surface area contributed by atoms with E-state index in [2.05, 4.69) is 39.8 Å². The zero-order chi connectivity index (χ0) is 22.1. The van der Waals surface area contributed by atoms with Crippen LogP contribution in [0.15, 0.2) is 40.9 Å². The molecule has 0 spiro atoms. The Labute approximate surface area is 182 Å². The van der Waals surface area contributed by atoms with Crippen LogP contribution in [-0.4, -0.2) is 32.9 Å². The van der Waals surface area contributed by atoms with E-state index in [0.717, 1.165) is 21.5 Å². The summed E-state index contributed by atoms with van der Waals surface area (Å²) >= 11 is 1.30. The fourth-order valence-corrected chi connectivity index (χ4v) is 4.16. The quantitative estimate of drug-likeness (QED) is 0.452. The van der Waals surface area contributed by atoms with Gasteiger partial charge in [0.15, 0.2) is 11.9 Å². The SMILES string of the molecule is Cc1ccc(Cn2nc(C)c3cc(C(=O)O[C@@H](C)C(=O)Nc4cc(C)on4)sc32)cc1. The molecular weight excluding hydrogens is 416 g/mol. The summed E-state index contributed by atoms with van der Waals surface area (Å²) in [7, 11) is 0. The van der Waals surface area contributed by atoms with Crippen LogP contribution in [0, 0.1) is 20.8 Å². The van der Waals surface area contributed by atoms with Gasteiger partial charge in [-0.05, 0) is 39.3 Å². The van der Waals surface area contributed by atoms with Crippen molar-refractivity contribution in [3.05, 3.63) is 63.9 Å². The Morgan fingerprint density at radius 3 is 2.61 bits per heavy atom. The summed E-state index contributed by atoms with van der Waals surface area (Å²) in [5, 5.41) is 11.8. The molecule has 0 saturated carbocycles. The minimum absolute atomic E-state index is 0.277. The van der Waals surface area contributed by atoms with Crippen molar-refractivity contribution in [1.29, 1.82) is 0 Å². The topological polar surface area (TPSA) is 99.2 Å². The number of benzene rings is 1. The average Bonchev–Trinajstić information content (AvgIpc) is 3.41. The Morgan fingerprint density at radius 2 is 1.94 bits per heavy atom. The van der Waals surface area contributed by atoms with E-state index in [-0.39, 0.29) is 5.82 Å². The number of carbonyl (C=O) groups excluding carboxylic acids is 2. The molecule has 4 aromatic rings. The average molecular weight is 439 g/mol. The van der Waals surface area contributed by atoms with E-state index in [1.807, 2.05) is 18.5 Å². The van der Waals surface area contributed by atoms with E-state index in [1.165, 1.54) is 23.8 Å². The van der Waals surface area contributed by atoms with Crippen molar-refractivity contribution < 1.29 is 18.8 Å². The number of hydrogen-bond acceptors (Lipinski definition) is 7. The third-order valence-electron chi connectivity index (χ3n) is 4.79. The van der Waals surface area contributed by atoms with E-state index in [4.69, 9.17) is 9.26 Å². The molecule has 3 heterocycles. The molecule has 0 bridgehead atoms. The second-order valence-electron chi connectivity index (χ2n) is 7.42. The summed E-state index contributed by atoms with van der Waals surface area (Å²) in [6.45, 7) is 7.79. The van der Waals surface area contributed by atoms with Crippen molar-refractivity contribution in [2.24, 2.45) is 0 Å². The lowest BCUT2D eigenvalue weighted by molar-refractivity contribution is -0.123. The summed E-state index contributed by atoms with van der Waals surface area (Å²) in [4.78, 5) is 26.2. The largest absolute Gasteiger partial charge is 0.448 e. The van der Waals surface area contributed by atoms with Gasteiger partial charge in [0.25, 0.3) is 5.91 Å². The van der Waals surface area contributed by atoms with Gasteiger partial charge < -0.3 is 14.6 Å².